The van der Waals surface area contributed by atoms with Crippen molar-refractivity contribution in [2.24, 2.45) is 0 Å². The number of hydrogen-bond donors (Lipinski definition) is 6. The van der Waals surface area contributed by atoms with Crippen molar-refractivity contribution in [3.63, 3.8) is 0 Å². The number of carbonyl (C=O) groups is 2. The zero-order valence-corrected chi connectivity index (χ0v) is 33.2. The maximum Gasteiger partial charge on any atom is 0.253 e. The Morgan fingerprint density at radius 3 is 2.31 bits per heavy atom. The van der Waals surface area contributed by atoms with Gasteiger partial charge in [0.25, 0.3) is 11.8 Å². The van der Waals surface area contributed by atoms with E-state index in [-0.39, 0.29) is 11.9 Å². The molecule has 6 N–H and O–H groups in total. The summed E-state index contributed by atoms with van der Waals surface area (Å²) in [5.74, 6) is 0.425. The first-order valence-electron chi connectivity index (χ1n) is 21.0. The minimum absolute atomic E-state index is 0.0441. The van der Waals surface area contributed by atoms with Crippen molar-refractivity contribution in [2.45, 2.75) is 95.1 Å². The van der Waals surface area contributed by atoms with Gasteiger partial charge in [0.1, 0.15) is 11.5 Å². The highest BCUT2D eigenvalue weighted by molar-refractivity contribution is 5.95. The number of nitrogens with one attached hydrogen (secondary N) is 5. The fraction of sp³-hybridized carbons (Fsp3) is 0.455. The Kier molecular flexibility index (Phi) is 14.6. The van der Waals surface area contributed by atoms with E-state index in [1.807, 2.05) is 59.4 Å². The number of carbonyl (C=O) groups excluding carboxylic acids is 2. The van der Waals surface area contributed by atoms with Crippen LogP contribution in [0.2, 0.25) is 0 Å². The van der Waals surface area contributed by atoms with Crippen LogP contribution in [0.1, 0.15) is 85.4 Å². The second-order valence-electron chi connectivity index (χ2n) is 15.4. The molecule has 2 fully saturated rings. The number of aliphatic hydroxyl groups is 1. The molecular formula is C44H57N11O3. The summed E-state index contributed by atoms with van der Waals surface area (Å²) in [4.78, 5) is 38.1. The third-order valence-electron chi connectivity index (χ3n) is 11.1. The molecule has 2 atom stereocenters. The van der Waals surface area contributed by atoms with Gasteiger partial charge in [-0.25, -0.2) is 4.98 Å². The first-order valence-corrected chi connectivity index (χ1v) is 21.0. The number of nitrogens with zero attached hydrogens (tertiary/aromatic N) is 6. The largest absolute Gasteiger partial charge is 0.381 e. The average Bonchev–Trinajstić information content (AvgIpc) is 3.74. The lowest BCUT2D eigenvalue weighted by atomic mass is 9.95. The lowest BCUT2D eigenvalue weighted by molar-refractivity contribution is -0.142. The van der Waals surface area contributed by atoms with E-state index in [0.29, 0.717) is 55.4 Å². The Labute approximate surface area is 340 Å². The number of piperidine rings is 1. The van der Waals surface area contributed by atoms with Gasteiger partial charge in [0.2, 0.25) is 5.95 Å². The van der Waals surface area contributed by atoms with Crippen LogP contribution in [0.5, 0.6) is 0 Å². The highest BCUT2D eigenvalue weighted by atomic mass is 16.3. The van der Waals surface area contributed by atoms with Crippen LogP contribution >= 0.6 is 0 Å². The van der Waals surface area contributed by atoms with Crippen molar-refractivity contribution in [1.29, 1.82) is 0 Å². The molecule has 2 amide bonds. The van der Waals surface area contributed by atoms with Gasteiger partial charge in [0.15, 0.2) is 6.10 Å². The number of hydrogen-bond acceptors (Lipinski definition) is 11. The lowest BCUT2D eigenvalue weighted by Crippen LogP contribution is -2.50. The molecule has 0 unspecified atom stereocenters. The molecule has 306 valence electrons. The SMILES string of the molecule is O=C(N[C@@H](c1ccccc1)[C@@H](O)C(=O)N1CCC(Nc2nc(NCc3cn(CCCNCCCNC4CCCCC4)nn3)nc3ccccc23)CC1)c1ccccc1. The van der Waals surface area contributed by atoms with Gasteiger partial charge in [-0.05, 0) is 88.0 Å². The average molecular weight is 788 g/mol. The summed E-state index contributed by atoms with van der Waals surface area (Å²) in [6.07, 6.45) is 10.7. The van der Waals surface area contributed by atoms with E-state index in [1.54, 1.807) is 41.3 Å². The maximum absolute atomic E-state index is 13.7. The van der Waals surface area contributed by atoms with Gasteiger partial charge in [-0.2, -0.15) is 4.98 Å². The van der Waals surface area contributed by atoms with Crippen molar-refractivity contribution in [3.8, 4) is 0 Å². The van der Waals surface area contributed by atoms with Gasteiger partial charge in [0.05, 0.1) is 24.3 Å². The monoisotopic (exact) mass is 787 g/mol. The number of amides is 2. The minimum Gasteiger partial charge on any atom is -0.381 e. The van der Waals surface area contributed by atoms with Crippen LogP contribution < -0.4 is 26.6 Å². The van der Waals surface area contributed by atoms with E-state index < -0.39 is 18.1 Å². The van der Waals surface area contributed by atoms with Crippen molar-refractivity contribution < 1.29 is 14.7 Å². The number of aliphatic hydroxyl groups excluding tert-OH is 1. The van der Waals surface area contributed by atoms with E-state index >= 15 is 0 Å². The molecular weight excluding hydrogens is 731 g/mol. The Bertz CT molecular complexity index is 2030. The molecule has 3 aromatic carbocycles. The lowest BCUT2D eigenvalue weighted by Gasteiger charge is -2.35. The molecule has 1 aliphatic carbocycles. The number of para-hydroxylation sites is 1. The molecule has 2 aliphatic rings. The van der Waals surface area contributed by atoms with Crippen LogP contribution in [-0.4, -0.2) is 97.7 Å². The standard InChI is InChI=1S/C44H57N11O3/c56-40(39(32-14-4-1-5-15-32)50-42(57)33-16-6-2-7-17-33)43(58)54-28-22-35(23-29-54)48-41-37-20-10-11-21-38(37)49-44(51-41)47-30-36-31-55(53-52-36)27-13-25-45-24-12-26-46-34-18-8-3-9-19-34/h1-2,4-7,10-11,14-17,20-21,31,34-35,39-40,45-46,56H,3,8-9,12-13,18-19,22-30H2,(H,50,57)(H2,47,48,49,51)/t39-,40+/m0/s1. The molecule has 1 aliphatic heterocycles. The number of anilines is 2. The second-order valence-corrected chi connectivity index (χ2v) is 15.4. The van der Waals surface area contributed by atoms with Crippen molar-refractivity contribution in [3.05, 3.63) is 108 Å². The predicted molar refractivity (Wildman–Crippen MR) is 226 cm³/mol. The Morgan fingerprint density at radius 1 is 0.793 bits per heavy atom. The Morgan fingerprint density at radius 2 is 1.52 bits per heavy atom. The third kappa shape index (κ3) is 11.4. The van der Waals surface area contributed by atoms with Crippen LogP contribution in [0.3, 0.4) is 0 Å². The second kappa shape index (κ2) is 20.8. The smallest absolute Gasteiger partial charge is 0.253 e. The number of likely N-dealkylation sites (tertiary alicyclic amines) is 1. The van der Waals surface area contributed by atoms with E-state index in [1.165, 1.54) is 32.1 Å². The van der Waals surface area contributed by atoms with E-state index in [9.17, 15) is 14.7 Å². The first kappa shape index (κ1) is 40.7. The highest BCUT2D eigenvalue weighted by Gasteiger charge is 2.34. The summed E-state index contributed by atoms with van der Waals surface area (Å²) >= 11 is 0. The highest BCUT2D eigenvalue weighted by Crippen LogP contribution is 2.26. The molecule has 0 radical (unpaired) electrons. The molecule has 3 heterocycles. The van der Waals surface area contributed by atoms with Gasteiger partial charge in [-0.15, -0.1) is 5.10 Å². The number of rotatable bonds is 19. The zero-order chi connectivity index (χ0) is 39.9. The zero-order valence-electron chi connectivity index (χ0n) is 33.2. The van der Waals surface area contributed by atoms with Gasteiger partial charge in [0, 0.05) is 42.7 Å². The number of aromatic nitrogens is 5. The number of aryl methyl sites for hydroxylation is 1. The fourth-order valence-electron chi connectivity index (χ4n) is 7.87. The molecule has 1 saturated heterocycles. The van der Waals surface area contributed by atoms with Crippen LogP contribution in [0.15, 0.2) is 91.1 Å². The predicted octanol–water partition coefficient (Wildman–Crippen LogP) is 5.06. The van der Waals surface area contributed by atoms with Crippen molar-refractivity contribution in [1.82, 2.24) is 45.8 Å². The summed E-state index contributed by atoms with van der Waals surface area (Å²) in [6, 6.07) is 25.7. The van der Waals surface area contributed by atoms with Crippen molar-refractivity contribution >= 4 is 34.5 Å². The molecule has 58 heavy (non-hydrogen) atoms. The first-order chi connectivity index (χ1) is 28.5. The summed E-state index contributed by atoms with van der Waals surface area (Å²) in [6.45, 7) is 5.16. The number of benzene rings is 3. The summed E-state index contributed by atoms with van der Waals surface area (Å²) in [5, 5.41) is 38.1. The third-order valence-corrected chi connectivity index (χ3v) is 11.1. The summed E-state index contributed by atoms with van der Waals surface area (Å²) in [7, 11) is 0. The molecule has 7 rings (SSSR count). The van der Waals surface area contributed by atoms with E-state index in [2.05, 4.69) is 36.9 Å². The minimum atomic E-state index is -1.45. The number of fused-ring (bicyclic) bond motifs is 1. The molecule has 0 bridgehead atoms. The topological polar surface area (TPSA) is 174 Å². The maximum atomic E-state index is 13.7. The van der Waals surface area contributed by atoms with Gasteiger partial charge in [-0.1, -0.05) is 85.1 Å². The molecule has 1 saturated carbocycles. The molecule has 5 aromatic rings. The molecule has 0 spiro atoms. The van der Waals surface area contributed by atoms with Gasteiger partial charge >= 0.3 is 0 Å². The summed E-state index contributed by atoms with van der Waals surface area (Å²) in [5.41, 5.74) is 2.72. The van der Waals surface area contributed by atoms with Crippen LogP contribution in [-0.2, 0) is 17.9 Å². The van der Waals surface area contributed by atoms with Gasteiger partial charge < -0.3 is 36.6 Å². The summed E-state index contributed by atoms with van der Waals surface area (Å²) < 4.78 is 1.89. The fourth-order valence-corrected chi connectivity index (χ4v) is 7.87. The van der Waals surface area contributed by atoms with E-state index in [0.717, 1.165) is 61.7 Å². The van der Waals surface area contributed by atoms with E-state index in [4.69, 9.17) is 9.97 Å². The Hall–Kier alpha value is -5.44. The van der Waals surface area contributed by atoms with Gasteiger partial charge in [-0.3, -0.25) is 14.3 Å². The van der Waals surface area contributed by atoms with Crippen molar-refractivity contribution in [2.75, 3.05) is 43.4 Å². The van der Waals surface area contributed by atoms with Crippen LogP contribution in [0, 0.1) is 0 Å². The van der Waals surface area contributed by atoms with Crippen LogP contribution in [0.25, 0.3) is 10.9 Å². The van der Waals surface area contributed by atoms with Crippen LogP contribution in [0.4, 0.5) is 11.8 Å². The quantitative estimate of drug-likeness (QED) is 0.0618. The molecule has 14 heteroatoms. The molecule has 2 aromatic heterocycles. The Balaban J connectivity index is 0.881. The normalized spacial score (nSPS) is 16.2. The molecule has 14 nitrogen and oxygen atoms in total.